The van der Waals surface area contributed by atoms with Crippen LogP contribution in [0.4, 0.5) is 0 Å². The molecule has 0 unspecified atom stereocenters. The summed E-state index contributed by atoms with van der Waals surface area (Å²) in [6.45, 7) is 6.35. The zero-order valence-corrected chi connectivity index (χ0v) is 13.1. The monoisotopic (exact) mass is 277 g/mol. The highest BCUT2D eigenvalue weighted by Gasteiger charge is 2.25. The molecule has 0 spiro atoms. The molecular formula is C16H27N3O. The predicted molar refractivity (Wildman–Crippen MR) is 80.8 cm³/mol. The summed E-state index contributed by atoms with van der Waals surface area (Å²) in [5.41, 5.74) is 7.62. The molecule has 4 heteroatoms. The number of ketones is 1. The van der Waals surface area contributed by atoms with Crippen LogP contribution in [0, 0.1) is 5.92 Å². The number of nitrogens with zero attached hydrogens (tertiary/aromatic N) is 2. The maximum atomic E-state index is 12.5. The van der Waals surface area contributed by atoms with Gasteiger partial charge < -0.3 is 5.73 Å². The van der Waals surface area contributed by atoms with E-state index in [2.05, 4.69) is 25.9 Å². The standard InChI is InChI=1S/C16H27N3O/c1-16(2,3)15-10-13(19(4)18-15)14(20)9-11-5-7-12(17)8-6-11/h10-12H,5-9,17H2,1-4H3. The lowest BCUT2D eigenvalue weighted by Gasteiger charge is -2.25. The number of carbonyl (C=O) groups is 1. The summed E-state index contributed by atoms with van der Waals surface area (Å²) >= 11 is 0. The summed E-state index contributed by atoms with van der Waals surface area (Å²) in [7, 11) is 1.86. The van der Waals surface area contributed by atoms with Crippen molar-refractivity contribution in [3.8, 4) is 0 Å². The summed E-state index contributed by atoms with van der Waals surface area (Å²) < 4.78 is 1.73. The van der Waals surface area contributed by atoms with Crippen LogP contribution in [0.15, 0.2) is 6.07 Å². The van der Waals surface area contributed by atoms with Crippen molar-refractivity contribution < 1.29 is 4.79 Å². The van der Waals surface area contributed by atoms with Gasteiger partial charge in [0.25, 0.3) is 0 Å². The molecule has 112 valence electrons. The Balaban J connectivity index is 2.04. The van der Waals surface area contributed by atoms with E-state index in [4.69, 9.17) is 5.73 Å². The van der Waals surface area contributed by atoms with Gasteiger partial charge in [-0.1, -0.05) is 20.8 Å². The Morgan fingerprint density at radius 3 is 2.45 bits per heavy atom. The molecule has 0 radical (unpaired) electrons. The third kappa shape index (κ3) is 3.48. The van der Waals surface area contributed by atoms with Gasteiger partial charge in [-0.25, -0.2) is 0 Å². The molecule has 0 aliphatic heterocycles. The molecule has 4 nitrogen and oxygen atoms in total. The third-order valence-corrected chi connectivity index (χ3v) is 4.30. The van der Waals surface area contributed by atoms with Crippen molar-refractivity contribution in [3.05, 3.63) is 17.5 Å². The Labute approximate surface area is 121 Å². The van der Waals surface area contributed by atoms with Crippen molar-refractivity contribution >= 4 is 5.78 Å². The molecule has 0 amide bonds. The summed E-state index contributed by atoms with van der Waals surface area (Å²) in [6.07, 6.45) is 4.90. The maximum Gasteiger partial charge on any atom is 0.181 e. The number of Topliss-reactive ketones (excluding diaryl/α,β-unsaturated/α-hetero) is 1. The Morgan fingerprint density at radius 2 is 1.95 bits per heavy atom. The minimum Gasteiger partial charge on any atom is -0.328 e. The minimum atomic E-state index is -0.0199. The van der Waals surface area contributed by atoms with Gasteiger partial charge in [-0.3, -0.25) is 9.48 Å². The number of aromatic nitrogens is 2. The number of hydrogen-bond donors (Lipinski definition) is 1. The van der Waals surface area contributed by atoms with Gasteiger partial charge in [0.15, 0.2) is 5.78 Å². The fourth-order valence-electron chi connectivity index (χ4n) is 2.85. The smallest absolute Gasteiger partial charge is 0.181 e. The van der Waals surface area contributed by atoms with Crippen LogP contribution in [0.3, 0.4) is 0 Å². The second-order valence-corrected chi connectivity index (χ2v) is 7.20. The molecule has 0 atom stereocenters. The zero-order chi connectivity index (χ0) is 14.9. The SMILES string of the molecule is Cn1nc(C(C)(C)C)cc1C(=O)CC1CCC(N)CC1. The van der Waals surface area contributed by atoms with E-state index in [1.54, 1.807) is 4.68 Å². The first-order valence-electron chi connectivity index (χ1n) is 7.60. The first-order chi connectivity index (χ1) is 9.27. The lowest BCUT2D eigenvalue weighted by atomic mass is 9.83. The fraction of sp³-hybridized carbons (Fsp3) is 0.750. The van der Waals surface area contributed by atoms with Crippen LogP contribution in [0.25, 0.3) is 0 Å². The van der Waals surface area contributed by atoms with Crippen molar-refractivity contribution in [2.24, 2.45) is 18.7 Å². The van der Waals surface area contributed by atoms with Gasteiger partial charge in [-0.15, -0.1) is 0 Å². The summed E-state index contributed by atoms with van der Waals surface area (Å²) in [4.78, 5) is 12.5. The van der Waals surface area contributed by atoms with Crippen LogP contribution < -0.4 is 5.73 Å². The molecule has 1 fully saturated rings. The molecule has 0 saturated heterocycles. The first-order valence-corrected chi connectivity index (χ1v) is 7.60. The van der Waals surface area contributed by atoms with E-state index in [-0.39, 0.29) is 11.2 Å². The Kier molecular flexibility index (Phi) is 4.33. The molecule has 1 aromatic rings. The highest BCUT2D eigenvalue weighted by atomic mass is 16.1. The molecule has 20 heavy (non-hydrogen) atoms. The molecule has 1 aliphatic carbocycles. The van der Waals surface area contributed by atoms with E-state index >= 15 is 0 Å². The first kappa shape index (κ1) is 15.2. The van der Waals surface area contributed by atoms with Gasteiger partial charge in [0.05, 0.1) is 5.69 Å². The van der Waals surface area contributed by atoms with Gasteiger partial charge in [-0.2, -0.15) is 5.10 Å². The zero-order valence-electron chi connectivity index (χ0n) is 13.1. The quantitative estimate of drug-likeness (QED) is 0.864. The van der Waals surface area contributed by atoms with Gasteiger partial charge in [0.2, 0.25) is 0 Å². The van der Waals surface area contributed by atoms with E-state index < -0.39 is 0 Å². The lowest BCUT2D eigenvalue weighted by molar-refractivity contribution is 0.0938. The van der Waals surface area contributed by atoms with Crippen molar-refractivity contribution in [2.45, 2.75) is 64.3 Å². The lowest BCUT2D eigenvalue weighted by Crippen LogP contribution is -2.27. The average molecular weight is 277 g/mol. The Hall–Kier alpha value is -1.16. The number of carbonyl (C=O) groups excluding carboxylic acids is 1. The average Bonchev–Trinajstić information content (AvgIpc) is 2.74. The topological polar surface area (TPSA) is 60.9 Å². The number of rotatable bonds is 3. The van der Waals surface area contributed by atoms with Crippen molar-refractivity contribution in [1.29, 1.82) is 0 Å². The van der Waals surface area contributed by atoms with E-state index in [0.29, 0.717) is 18.4 Å². The molecule has 2 rings (SSSR count). The summed E-state index contributed by atoms with van der Waals surface area (Å²) in [5, 5.41) is 4.48. The van der Waals surface area contributed by atoms with E-state index in [1.165, 1.54) is 0 Å². The molecule has 2 N–H and O–H groups in total. The van der Waals surface area contributed by atoms with Crippen LogP contribution in [-0.2, 0) is 12.5 Å². The van der Waals surface area contributed by atoms with Crippen molar-refractivity contribution in [3.63, 3.8) is 0 Å². The highest BCUT2D eigenvalue weighted by molar-refractivity contribution is 5.94. The molecular weight excluding hydrogens is 250 g/mol. The van der Waals surface area contributed by atoms with Gasteiger partial charge in [0.1, 0.15) is 5.69 Å². The van der Waals surface area contributed by atoms with Crippen LogP contribution in [0.2, 0.25) is 0 Å². The largest absolute Gasteiger partial charge is 0.328 e. The van der Waals surface area contributed by atoms with E-state index in [1.807, 2.05) is 13.1 Å². The van der Waals surface area contributed by atoms with Gasteiger partial charge >= 0.3 is 0 Å². The van der Waals surface area contributed by atoms with Gasteiger partial charge in [0, 0.05) is 24.9 Å². The van der Waals surface area contributed by atoms with Crippen molar-refractivity contribution in [2.75, 3.05) is 0 Å². The molecule has 1 heterocycles. The van der Waals surface area contributed by atoms with Crippen LogP contribution in [-0.4, -0.2) is 21.6 Å². The normalized spacial score (nSPS) is 23.9. The molecule has 1 saturated carbocycles. The highest BCUT2D eigenvalue weighted by Crippen LogP contribution is 2.28. The molecule has 0 aromatic carbocycles. The molecule has 1 aliphatic rings. The number of nitrogens with two attached hydrogens (primary N) is 1. The Bertz CT molecular complexity index is 476. The molecule has 1 aromatic heterocycles. The van der Waals surface area contributed by atoms with Crippen LogP contribution >= 0.6 is 0 Å². The summed E-state index contributed by atoms with van der Waals surface area (Å²) in [5.74, 6) is 0.714. The third-order valence-electron chi connectivity index (χ3n) is 4.30. The van der Waals surface area contributed by atoms with E-state index in [0.717, 1.165) is 37.1 Å². The Morgan fingerprint density at radius 1 is 1.35 bits per heavy atom. The van der Waals surface area contributed by atoms with Gasteiger partial charge in [-0.05, 0) is 37.7 Å². The maximum absolute atomic E-state index is 12.5. The number of aryl methyl sites for hydroxylation is 1. The number of hydrogen-bond acceptors (Lipinski definition) is 3. The molecule has 0 bridgehead atoms. The van der Waals surface area contributed by atoms with Crippen molar-refractivity contribution in [1.82, 2.24) is 9.78 Å². The predicted octanol–water partition coefficient (Wildman–Crippen LogP) is 2.81. The van der Waals surface area contributed by atoms with Crippen LogP contribution in [0.5, 0.6) is 0 Å². The minimum absolute atomic E-state index is 0.0199. The fourth-order valence-corrected chi connectivity index (χ4v) is 2.85. The summed E-state index contributed by atoms with van der Waals surface area (Å²) in [6, 6.07) is 2.29. The second-order valence-electron chi connectivity index (χ2n) is 7.20. The second kappa shape index (κ2) is 5.68. The van der Waals surface area contributed by atoms with E-state index in [9.17, 15) is 4.79 Å². The van der Waals surface area contributed by atoms with Crippen LogP contribution in [0.1, 0.15) is 69.1 Å².